The second-order valence-electron chi connectivity index (χ2n) is 4.93. The van der Waals surface area contributed by atoms with Gasteiger partial charge in [-0.05, 0) is 30.6 Å². The molecule has 0 aromatic heterocycles. The Hall–Kier alpha value is -0.590. The van der Waals surface area contributed by atoms with E-state index in [0.29, 0.717) is 23.5 Å². The van der Waals surface area contributed by atoms with Crippen molar-refractivity contribution in [3.05, 3.63) is 12.2 Å². The van der Waals surface area contributed by atoms with Crippen LogP contribution in [-0.4, -0.2) is 5.78 Å². The molecule has 0 fully saturated rings. The zero-order chi connectivity index (χ0) is 10.6. The lowest BCUT2D eigenvalue weighted by molar-refractivity contribution is -0.120. The summed E-state index contributed by atoms with van der Waals surface area (Å²) < 4.78 is 0. The monoisotopic (exact) mass is 194 g/mol. The van der Waals surface area contributed by atoms with Gasteiger partial charge in [0.05, 0.1) is 0 Å². The largest absolute Gasteiger partial charge is 0.300 e. The molecule has 0 aliphatic heterocycles. The molecule has 80 valence electrons. The Morgan fingerprint density at radius 3 is 2.64 bits per heavy atom. The predicted octanol–water partition coefficient (Wildman–Crippen LogP) is 3.59. The van der Waals surface area contributed by atoms with E-state index in [1.165, 1.54) is 6.42 Å². The first-order valence-corrected chi connectivity index (χ1v) is 5.78. The number of rotatable bonds is 5. The zero-order valence-corrected chi connectivity index (χ0v) is 9.62. The summed E-state index contributed by atoms with van der Waals surface area (Å²) in [6.45, 7) is 6.55. The van der Waals surface area contributed by atoms with Crippen molar-refractivity contribution in [1.82, 2.24) is 0 Å². The van der Waals surface area contributed by atoms with Crippen LogP contribution in [0.2, 0.25) is 0 Å². The normalized spacial score (nSPS) is 23.0. The molecule has 0 N–H and O–H groups in total. The fourth-order valence-corrected chi connectivity index (χ4v) is 1.84. The maximum absolute atomic E-state index is 11.7. The molecule has 1 nitrogen and oxygen atoms in total. The number of hydrogen-bond donors (Lipinski definition) is 0. The van der Waals surface area contributed by atoms with Gasteiger partial charge in [-0.3, -0.25) is 4.79 Å². The third kappa shape index (κ3) is 3.65. The first-order chi connectivity index (χ1) is 6.59. The Bertz CT molecular complexity index is 215. The minimum atomic E-state index is 0.447. The number of ketones is 1. The fourth-order valence-electron chi connectivity index (χ4n) is 1.84. The summed E-state index contributed by atoms with van der Waals surface area (Å²) in [5, 5.41) is 0. The molecule has 0 saturated heterocycles. The van der Waals surface area contributed by atoms with Crippen LogP contribution < -0.4 is 0 Å². The average Bonchev–Trinajstić information content (AvgIpc) is 2.56. The van der Waals surface area contributed by atoms with E-state index in [4.69, 9.17) is 0 Å². The van der Waals surface area contributed by atoms with E-state index in [-0.39, 0.29) is 0 Å². The molecule has 0 saturated carbocycles. The van der Waals surface area contributed by atoms with Crippen LogP contribution in [0.4, 0.5) is 0 Å². The van der Waals surface area contributed by atoms with Gasteiger partial charge in [-0.15, -0.1) is 0 Å². The molecular formula is C13H22O. The molecule has 14 heavy (non-hydrogen) atoms. The summed E-state index contributed by atoms with van der Waals surface area (Å²) in [4.78, 5) is 11.7. The number of carbonyl (C=O) groups excluding carboxylic acids is 1. The van der Waals surface area contributed by atoms with Crippen molar-refractivity contribution in [3.8, 4) is 0 Å². The minimum Gasteiger partial charge on any atom is -0.300 e. The summed E-state index contributed by atoms with van der Waals surface area (Å²) in [7, 11) is 0. The van der Waals surface area contributed by atoms with Crippen LogP contribution in [0.25, 0.3) is 0 Å². The Morgan fingerprint density at radius 2 is 2.14 bits per heavy atom. The topological polar surface area (TPSA) is 17.1 Å². The summed E-state index contributed by atoms with van der Waals surface area (Å²) in [6.07, 6.45) is 8.29. The van der Waals surface area contributed by atoms with Crippen LogP contribution in [0.3, 0.4) is 0 Å². The Balaban J connectivity index is 2.24. The van der Waals surface area contributed by atoms with Crippen molar-refractivity contribution in [2.45, 2.75) is 46.5 Å². The van der Waals surface area contributed by atoms with Gasteiger partial charge in [0.25, 0.3) is 0 Å². The van der Waals surface area contributed by atoms with Crippen molar-refractivity contribution < 1.29 is 4.79 Å². The average molecular weight is 194 g/mol. The predicted molar refractivity (Wildman–Crippen MR) is 60.1 cm³/mol. The highest BCUT2D eigenvalue weighted by molar-refractivity contribution is 5.79. The maximum atomic E-state index is 11.7. The van der Waals surface area contributed by atoms with Crippen LogP contribution in [-0.2, 0) is 4.79 Å². The highest BCUT2D eigenvalue weighted by atomic mass is 16.1. The molecular weight excluding hydrogens is 172 g/mol. The van der Waals surface area contributed by atoms with Gasteiger partial charge in [0, 0.05) is 12.8 Å². The van der Waals surface area contributed by atoms with Gasteiger partial charge in [0.15, 0.2) is 0 Å². The molecule has 2 unspecified atom stereocenters. The molecule has 0 amide bonds. The first-order valence-electron chi connectivity index (χ1n) is 5.78. The van der Waals surface area contributed by atoms with Crippen LogP contribution >= 0.6 is 0 Å². The van der Waals surface area contributed by atoms with E-state index in [1.54, 1.807) is 0 Å². The van der Waals surface area contributed by atoms with Gasteiger partial charge in [-0.1, -0.05) is 32.9 Å². The molecule has 1 rings (SSSR count). The lowest BCUT2D eigenvalue weighted by atomic mass is 9.89. The van der Waals surface area contributed by atoms with Crippen molar-refractivity contribution in [1.29, 1.82) is 0 Å². The second kappa shape index (κ2) is 5.33. The molecule has 0 heterocycles. The van der Waals surface area contributed by atoms with Crippen molar-refractivity contribution in [3.63, 3.8) is 0 Å². The Kier molecular flexibility index (Phi) is 4.37. The summed E-state index contributed by atoms with van der Waals surface area (Å²) in [6, 6.07) is 0. The molecule has 1 aliphatic carbocycles. The second-order valence-corrected chi connectivity index (χ2v) is 4.93. The number of hydrogen-bond acceptors (Lipinski definition) is 1. The molecule has 0 radical (unpaired) electrons. The summed E-state index contributed by atoms with van der Waals surface area (Å²) in [5.41, 5.74) is 0. The quantitative estimate of drug-likeness (QED) is 0.611. The Labute approximate surface area is 87.6 Å². The number of Topliss-reactive ketones (excluding diaryl/α,β-unsaturated/α-hetero) is 1. The molecule has 0 spiro atoms. The van der Waals surface area contributed by atoms with Gasteiger partial charge in [-0.25, -0.2) is 0 Å². The van der Waals surface area contributed by atoms with Crippen LogP contribution in [0.5, 0.6) is 0 Å². The van der Waals surface area contributed by atoms with Crippen LogP contribution in [0, 0.1) is 17.8 Å². The van der Waals surface area contributed by atoms with E-state index in [9.17, 15) is 4.79 Å². The molecule has 1 heteroatoms. The maximum Gasteiger partial charge on any atom is 0.133 e. The fraction of sp³-hybridized carbons (Fsp3) is 0.769. The van der Waals surface area contributed by atoms with Gasteiger partial charge in [-0.2, -0.15) is 0 Å². The van der Waals surface area contributed by atoms with Crippen LogP contribution in [0.15, 0.2) is 12.2 Å². The minimum absolute atomic E-state index is 0.447. The van der Waals surface area contributed by atoms with Gasteiger partial charge < -0.3 is 0 Å². The van der Waals surface area contributed by atoms with Crippen LogP contribution in [0.1, 0.15) is 46.5 Å². The molecule has 1 aliphatic rings. The molecule has 0 bridgehead atoms. The van der Waals surface area contributed by atoms with E-state index in [2.05, 4.69) is 32.9 Å². The molecule has 2 atom stereocenters. The standard InChI is InChI=1S/C13H22O/c1-10(2)11(3)8-13(14)9-12-6-4-5-7-12/h4,6,10-12H,5,7-9H2,1-3H3. The van der Waals surface area contributed by atoms with E-state index in [0.717, 1.165) is 19.3 Å². The number of allylic oxidation sites excluding steroid dienone is 2. The van der Waals surface area contributed by atoms with E-state index >= 15 is 0 Å². The summed E-state index contributed by atoms with van der Waals surface area (Å²) >= 11 is 0. The lowest BCUT2D eigenvalue weighted by Crippen LogP contribution is -2.13. The van der Waals surface area contributed by atoms with Crippen molar-refractivity contribution in [2.24, 2.45) is 17.8 Å². The smallest absolute Gasteiger partial charge is 0.133 e. The third-order valence-electron chi connectivity index (χ3n) is 3.29. The van der Waals surface area contributed by atoms with Crippen molar-refractivity contribution >= 4 is 5.78 Å². The van der Waals surface area contributed by atoms with E-state index in [1.807, 2.05) is 0 Å². The number of carbonyl (C=O) groups is 1. The van der Waals surface area contributed by atoms with Gasteiger partial charge in [0.1, 0.15) is 5.78 Å². The lowest BCUT2D eigenvalue weighted by Gasteiger charge is -2.15. The highest BCUT2D eigenvalue weighted by Crippen LogP contribution is 2.23. The SMILES string of the molecule is CC(C)C(C)CC(=O)CC1C=CCC1. The highest BCUT2D eigenvalue weighted by Gasteiger charge is 2.17. The first kappa shape index (κ1) is 11.5. The summed E-state index contributed by atoms with van der Waals surface area (Å²) in [5.74, 6) is 2.15. The van der Waals surface area contributed by atoms with Crippen molar-refractivity contribution in [2.75, 3.05) is 0 Å². The molecule has 0 aromatic carbocycles. The van der Waals surface area contributed by atoms with E-state index < -0.39 is 0 Å². The zero-order valence-electron chi connectivity index (χ0n) is 9.62. The third-order valence-corrected chi connectivity index (χ3v) is 3.29. The van der Waals surface area contributed by atoms with Gasteiger partial charge >= 0.3 is 0 Å². The Morgan fingerprint density at radius 1 is 1.43 bits per heavy atom. The van der Waals surface area contributed by atoms with Gasteiger partial charge in [0.2, 0.25) is 0 Å². The molecule has 0 aromatic rings.